The number of carbonyl (C=O) groups excluding carboxylic acids is 2. The second kappa shape index (κ2) is 6.82. The summed E-state index contributed by atoms with van der Waals surface area (Å²) in [7, 11) is 2.29. The number of anilines is 1. The Bertz CT molecular complexity index is 778. The zero-order chi connectivity index (χ0) is 19.7. The molecular formula is C19H24N2O5. The Kier molecular flexibility index (Phi) is 5.11. The van der Waals surface area contributed by atoms with E-state index in [-0.39, 0.29) is 11.4 Å². The summed E-state index contributed by atoms with van der Waals surface area (Å²) >= 11 is 0. The van der Waals surface area contributed by atoms with Gasteiger partial charge in [0.05, 0.1) is 25.3 Å². The molecule has 0 unspecified atom stereocenters. The lowest BCUT2D eigenvalue weighted by Crippen LogP contribution is -2.54. The Morgan fingerprint density at radius 2 is 1.54 bits per heavy atom. The van der Waals surface area contributed by atoms with Crippen LogP contribution in [0.1, 0.15) is 27.7 Å². The minimum absolute atomic E-state index is 0.154. The van der Waals surface area contributed by atoms with Crippen molar-refractivity contribution in [1.82, 2.24) is 0 Å². The van der Waals surface area contributed by atoms with Gasteiger partial charge in [-0.2, -0.15) is 0 Å². The summed E-state index contributed by atoms with van der Waals surface area (Å²) in [5.74, 6) is -2.60. The van der Waals surface area contributed by atoms with Gasteiger partial charge in [0.25, 0.3) is 0 Å². The number of benzene rings is 1. The van der Waals surface area contributed by atoms with Crippen LogP contribution in [-0.2, 0) is 19.1 Å². The standard InChI is InChI=1S/C19H24N2O5/c1-18(2)19(3,4)21(12-10-8-7-9-11-12)15(20-18)13(16(23)25-5)14(22)17(24)26-6/h7-11,22H,1-6H3/b14-13+. The van der Waals surface area contributed by atoms with Gasteiger partial charge in [-0.3, -0.25) is 4.99 Å². The van der Waals surface area contributed by atoms with E-state index in [0.29, 0.717) is 0 Å². The summed E-state index contributed by atoms with van der Waals surface area (Å²) in [5, 5.41) is 10.3. The van der Waals surface area contributed by atoms with Crippen molar-refractivity contribution in [2.24, 2.45) is 4.99 Å². The lowest BCUT2D eigenvalue weighted by atomic mass is 9.83. The number of para-hydroxylation sites is 1. The first kappa shape index (κ1) is 19.5. The number of carbonyl (C=O) groups is 2. The van der Waals surface area contributed by atoms with Crippen molar-refractivity contribution >= 4 is 23.5 Å². The van der Waals surface area contributed by atoms with Gasteiger partial charge in [-0.05, 0) is 39.8 Å². The van der Waals surface area contributed by atoms with Gasteiger partial charge in [-0.25, -0.2) is 9.59 Å². The van der Waals surface area contributed by atoms with Crippen molar-refractivity contribution < 1.29 is 24.2 Å². The highest BCUT2D eigenvalue weighted by molar-refractivity contribution is 6.28. The van der Waals surface area contributed by atoms with Gasteiger partial charge < -0.3 is 19.5 Å². The molecule has 1 aliphatic rings. The monoisotopic (exact) mass is 360 g/mol. The van der Waals surface area contributed by atoms with Gasteiger partial charge >= 0.3 is 11.9 Å². The first-order valence-corrected chi connectivity index (χ1v) is 8.14. The summed E-state index contributed by atoms with van der Waals surface area (Å²) in [4.78, 5) is 30.8. The maximum atomic E-state index is 12.4. The van der Waals surface area contributed by atoms with Gasteiger partial charge in [0.1, 0.15) is 5.84 Å². The van der Waals surface area contributed by atoms with Crippen LogP contribution in [0.5, 0.6) is 0 Å². The van der Waals surface area contributed by atoms with Crippen LogP contribution < -0.4 is 4.90 Å². The molecule has 0 saturated heterocycles. The van der Waals surface area contributed by atoms with E-state index in [9.17, 15) is 14.7 Å². The molecule has 0 saturated carbocycles. The van der Waals surface area contributed by atoms with Crippen LogP contribution in [0.2, 0.25) is 0 Å². The fourth-order valence-corrected chi connectivity index (χ4v) is 2.77. The van der Waals surface area contributed by atoms with E-state index in [4.69, 9.17) is 4.74 Å². The Morgan fingerprint density at radius 1 is 1.00 bits per heavy atom. The summed E-state index contributed by atoms with van der Waals surface area (Å²) < 4.78 is 9.35. The number of aliphatic hydroxyl groups excluding tert-OH is 1. The van der Waals surface area contributed by atoms with E-state index in [1.807, 2.05) is 62.9 Å². The molecule has 0 fully saturated rings. The smallest absolute Gasteiger partial charge is 0.374 e. The fourth-order valence-electron chi connectivity index (χ4n) is 2.77. The largest absolute Gasteiger partial charge is 0.501 e. The quantitative estimate of drug-likeness (QED) is 0.504. The second-order valence-electron chi connectivity index (χ2n) is 6.93. The molecule has 0 amide bonds. The number of amidine groups is 1. The third-order valence-corrected chi connectivity index (χ3v) is 4.90. The Balaban J connectivity index is 2.76. The maximum Gasteiger partial charge on any atom is 0.374 e. The average Bonchev–Trinajstić information content (AvgIpc) is 2.79. The zero-order valence-corrected chi connectivity index (χ0v) is 15.9. The molecule has 0 aromatic heterocycles. The Hall–Kier alpha value is -2.83. The third-order valence-electron chi connectivity index (χ3n) is 4.90. The van der Waals surface area contributed by atoms with Gasteiger partial charge in [-0.15, -0.1) is 0 Å². The molecule has 26 heavy (non-hydrogen) atoms. The number of rotatable bonds is 4. The fraction of sp³-hybridized carbons (Fsp3) is 0.421. The zero-order valence-electron chi connectivity index (χ0n) is 15.9. The molecule has 0 bridgehead atoms. The molecular weight excluding hydrogens is 336 g/mol. The first-order chi connectivity index (χ1) is 12.1. The van der Waals surface area contributed by atoms with Crippen LogP contribution in [0.15, 0.2) is 46.7 Å². The number of ether oxygens (including phenoxy) is 2. The van der Waals surface area contributed by atoms with Gasteiger partial charge in [0.2, 0.25) is 5.76 Å². The van der Waals surface area contributed by atoms with Crippen LogP contribution in [-0.4, -0.2) is 48.2 Å². The molecule has 7 heteroatoms. The van der Waals surface area contributed by atoms with Crippen LogP contribution >= 0.6 is 0 Å². The van der Waals surface area contributed by atoms with E-state index in [2.05, 4.69) is 9.73 Å². The highest BCUT2D eigenvalue weighted by atomic mass is 16.5. The van der Waals surface area contributed by atoms with Crippen molar-refractivity contribution in [1.29, 1.82) is 0 Å². The van der Waals surface area contributed by atoms with Crippen molar-refractivity contribution in [3.8, 4) is 0 Å². The second-order valence-corrected chi connectivity index (χ2v) is 6.93. The molecule has 0 aliphatic carbocycles. The molecule has 1 aromatic carbocycles. The van der Waals surface area contributed by atoms with Crippen molar-refractivity contribution in [2.75, 3.05) is 19.1 Å². The van der Waals surface area contributed by atoms with E-state index >= 15 is 0 Å². The van der Waals surface area contributed by atoms with Gasteiger partial charge in [-0.1, -0.05) is 18.2 Å². The van der Waals surface area contributed by atoms with Crippen LogP contribution in [0.3, 0.4) is 0 Å². The molecule has 1 aliphatic heterocycles. The van der Waals surface area contributed by atoms with Crippen molar-refractivity contribution in [3.05, 3.63) is 41.7 Å². The summed E-state index contributed by atoms with van der Waals surface area (Å²) in [5.41, 5.74) is -0.740. The van der Waals surface area contributed by atoms with Crippen molar-refractivity contribution in [2.45, 2.75) is 38.8 Å². The Morgan fingerprint density at radius 3 is 2.04 bits per heavy atom. The molecule has 2 rings (SSSR count). The molecule has 1 aromatic rings. The predicted molar refractivity (Wildman–Crippen MR) is 98.2 cm³/mol. The van der Waals surface area contributed by atoms with Crippen LogP contribution in [0, 0.1) is 0 Å². The van der Waals surface area contributed by atoms with Gasteiger partial charge in [0.15, 0.2) is 5.57 Å². The van der Waals surface area contributed by atoms with Crippen molar-refractivity contribution in [3.63, 3.8) is 0 Å². The average molecular weight is 360 g/mol. The van der Waals surface area contributed by atoms with Crippen LogP contribution in [0.25, 0.3) is 0 Å². The topological polar surface area (TPSA) is 88.4 Å². The lowest BCUT2D eigenvalue weighted by molar-refractivity contribution is -0.141. The number of hydrogen-bond donors (Lipinski definition) is 1. The third kappa shape index (κ3) is 3.05. The minimum Gasteiger partial charge on any atom is -0.501 e. The first-order valence-electron chi connectivity index (χ1n) is 8.14. The molecule has 140 valence electrons. The number of methoxy groups -OCH3 is 2. The summed E-state index contributed by atoms with van der Waals surface area (Å²) in [6.07, 6.45) is 0. The summed E-state index contributed by atoms with van der Waals surface area (Å²) in [6, 6.07) is 9.31. The lowest BCUT2D eigenvalue weighted by Gasteiger charge is -2.41. The van der Waals surface area contributed by atoms with E-state index in [1.165, 1.54) is 7.11 Å². The molecule has 0 atom stereocenters. The summed E-state index contributed by atoms with van der Waals surface area (Å²) in [6.45, 7) is 7.78. The molecule has 1 N–H and O–H groups in total. The SMILES string of the molecule is COC(=O)/C(O)=C(\C(=O)OC)C1=NC(C)(C)C(C)(C)N1c1ccccc1. The van der Waals surface area contributed by atoms with E-state index in [0.717, 1.165) is 12.8 Å². The molecule has 0 spiro atoms. The normalized spacial score (nSPS) is 18.7. The number of aliphatic hydroxyl groups is 1. The minimum atomic E-state index is -1.04. The highest BCUT2D eigenvalue weighted by Gasteiger charge is 2.52. The number of nitrogens with zero attached hydrogens (tertiary/aromatic N) is 2. The number of esters is 2. The maximum absolute atomic E-state index is 12.4. The van der Waals surface area contributed by atoms with E-state index in [1.54, 1.807) is 0 Å². The van der Waals surface area contributed by atoms with E-state index < -0.39 is 28.8 Å². The molecule has 0 radical (unpaired) electrons. The number of hydrogen-bond acceptors (Lipinski definition) is 7. The highest BCUT2D eigenvalue weighted by Crippen LogP contribution is 2.42. The molecule has 7 nitrogen and oxygen atoms in total. The Labute approximate surface area is 152 Å². The predicted octanol–water partition coefficient (Wildman–Crippen LogP) is 2.62. The van der Waals surface area contributed by atoms with Crippen LogP contribution in [0.4, 0.5) is 5.69 Å². The molecule has 1 heterocycles. The van der Waals surface area contributed by atoms with Gasteiger partial charge in [0, 0.05) is 5.69 Å². The number of aliphatic imine (C=N–C) groups is 1.